The summed E-state index contributed by atoms with van der Waals surface area (Å²) in [5.74, 6) is 2.48. The zero-order valence-electron chi connectivity index (χ0n) is 29.4. The van der Waals surface area contributed by atoms with E-state index in [1.54, 1.807) is 30.5 Å². The summed E-state index contributed by atoms with van der Waals surface area (Å²) in [6.07, 6.45) is 7.69. The number of carbonyl (C=O) groups excluding carboxylic acids is 1. The number of rotatable bonds is 13. The first-order valence-electron chi connectivity index (χ1n) is 17.4. The second-order valence-electron chi connectivity index (χ2n) is 13.0. The van der Waals surface area contributed by atoms with Gasteiger partial charge in [-0.2, -0.15) is 0 Å². The van der Waals surface area contributed by atoms with Gasteiger partial charge in [0.1, 0.15) is 18.1 Å². The molecule has 0 aliphatic carbocycles. The van der Waals surface area contributed by atoms with Crippen molar-refractivity contribution in [2.45, 2.75) is 52.7 Å². The maximum Gasteiger partial charge on any atom is 0.246 e. The summed E-state index contributed by atoms with van der Waals surface area (Å²) in [5.41, 5.74) is 7.53. The molecule has 1 fully saturated rings. The lowest BCUT2D eigenvalue weighted by atomic mass is 10.0. The van der Waals surface area contributed by atoms with Crippen molar-refractivity contribution in [2.24, 2.45) is 0 Å². The zero-order chi connectivity index (χ0) is 35.6. The number of aromatic nitrogens is 1. The lowest BCUT2D eigenvalue weighted by Crippen LogP contribution is -2.41. The predicted molar refractivity (Wildman–Crippen MR) is 205 cm³/mol. The molecule has 1 aromatic heterocycles. The number of pyridine rings is 1. The fourth-order valence-electron chi connectivity index (χ4n) is 5.89. The molecule has 0 atom stereocenters. The van der Waals surface area contributed by atoms with Crippen molar-refractivity contribution in [3.8, 4) is 23.1 Å². The molecule has 0 bridgehead atoms. The van der Waals surface area contributed by atoms with Crippen molar-refractivity contribution in [2.75, 3.05) is 25.0 Å². The summed E-state index contributed by atoms with van der Waals surface area (Å²) in [5, 5.41) is 4.08. The molecule has 1 aliphatic heterocycles. The average molecular weight is 702 g/mol. The third-order valence-electron chi connectivity index (χ3n) is 8.92. The number of hydrogen-bond donors (Lipinski definition) is 1. The molecule has 0 saturated carbocycles. The van der Waals surface area contributed by atoms with Crippen LogP contribution in [0.4, 0.5) is 5.69 Å². The molecule has 1 aliphatic rings. The molecule has 0 radical (unpaired) electrons. The summed E-state index contributed by atoms with van der Waals surface area (Å²) in [6, 6.07) is 32.6. The standard InChI is InChI=1S/C43H44ClN3O4/c1-30-4-8-34(9-5-30)29-50-39-17-18-41(45-28-39)51-43-32(3)26-35(27-40(43)44)12-19-42(48)47-23-20-37(21-24-47)46-36-13-10-33(11-14-36)22-25-49-38-15-6-31(2)7-16-38/h4-19,26-28,37,46H,20-25,29H2,1-3H3. The van der Waals surface area contributed by atoms with E-state index in [1.165, 1.54) is 16.7 Å². The molecule has 7 nitrogen and oxygen atoms in total. The van der Waals surface area contributed by atoms with E-state index in [1.807, 2.05) is 48.2 Å². The first-order valence-corrected chi connectivity index (χ1v) is 17.8. The molecular formula is C43H44ClN3O4. The molecule has 4 aromatic carbocycles. The van der Waals surface area contributed by atoms with Gasteiger partial charge >= 0.3 is 0 Å². The van der Waals surface area contributed by atoms with Gasteiger partial charge in [-0.25, -0.2) is 4.98 Å². The van der Waals surface area contributed by atoms with Gasteiger partial charge in [0.25, 0.3) is 0 Å². The molecule has 0 spiro atoms. The molecule has 2 heterocycles. The third-order valence-corrected chi connectivity index (χ3v) is 9.20. The van der Waals surface area contributed by atoms with Gasteiger partial charge in [0.05, 0.1) is 17.8 Å². The number of nitrogens with zero attached hydrogens (tertiary/aromatic N) is 2. The van der Waals surface area contributed by atoms with E-state index in [4.69, 9.17) is 25.8 Å². The van der Waals surface area contributed by atoms with E-state index >= 15 is 0 Å². The Labute approximate surface area is 305 Å². The summed E-state index contributed by atoms with van der Waals surface area (Å²) < 4.78 is 17.8. The highest BCUT2D eigenvalue weighted by Gasteiger charge is 2.21. The van der Waals surface area contributed by atoms with Crippen LogP contribution in [0.3, 0.4) is 0 Å². The van der Waals surface area contributed by atoms with Gasteiger partial charge in [-0.3, -0.25) is 4.79 Å². The smallest absolute Gasteiger partial charge is 0.246 e. The van der Waals surface area contributed by atoms with Crippen LogP contribution in [0.15, 0.2) is 109 Å². The Kier molecular flexibility index (Phi) is 11.9. The van der Waals surface area contributed by atoms with Crippen LogP contribution in [-0.4, -0.2) is 41.5 Å². The topological polar surface area (TPSA) is 72.9 Å². The van der Waals surface area contributed by atoms with E-state index in [2.05, 4.69) is 72.7 Å². The Balaban J connectivity index is 0.931. The summed E-state index contributed by atoms with van der Waals surface area (Å²) in [7, 11) is 0. The monoisotopic (exact) mass is 701 g/mol. The highest BCUT2D eigenvalue weighted by molar-refractivity contribution is 6.32. The fourth-order valence-corrected chi connectivity index (χ4v) is 6.21. The van der Waals surface area contributed by atoms with Crippen LogP contribution in [0.2, 0.25) is 5.02 Å². The molecule has 8 heteroatoms. The van der Waals surface area contributed by atoms with Gasteiger partial charge < -0.3 is 24.4 Å². The number of halogens is 1. The molecular weight excluding hydrogens is 658 g/mol. The van der Waals surface area contributed by atoms with Crippen LogP contribution in [0.25, 0.3) is 6.08 Å². The zero-order valence-corrected chi connectivity index (χ0v) is 30.2. The quantitative estimate of drug-likeness (QED) is 0.123. The van der Waals surface area contributed by atoms with Crippen LogP contribution in [-0.2, 0) is 17.8 Å². The Bertz CT molecular complexity index is 1890. The minimum atomic E-state index is -0.00588. The number of benzene rings is 4. The second kappa shape index (κ2) is 17.1. The van der Waals surface area contributed by atoms with Crippen LogP contribution < -0.4 is 19.5 Å². The van der Waals surface area contributed by atoms with E-state index in [-0.39, 0.29) is 5.91 Å². The maximum absolute atomic E-state index is 13.0. The minimum Gasteiger partial charge on any atom is -0.493 e. The summed E-state index contributed by atoms with van der Waals surface area (Å²) in [6.45, 7) is 8.55. The molecule has 51 heavy (non-hydrogen) atoms. The Morgan fingerprint density at radius 2 is 1.51 bits per heavy atom. The summed E-state index contributed by atoms with van der Waals surface area (Å²) >= 11 is 6.63. The molecule has 5 aromatic rings. The van der Waals surface area contributed by atoms with Crippen molar-refractivity contribution < 1.29 is 19.0 Å². The molecule has 0 unspecified atom stereocenters. The van der Waals surface area contributed by atoms with Gasteiger partial charge in [0, 0.05) is 43.4 Å². The first-order chi connectivity index (χ1) is 24.8. The van der Waals surface area contributed by atoms with Gasteiger partial charge in [-0.1, -0.05) is 71.3 Å². The van der Waals surface area contributed by atoms with Gasteiger partial charge in [0.2, 0.25) is 11.8 Å². The molecule has 1 saturated heterocycles. The minimum absolute atomic E-state index is 0.00588. The lowest BCUT2D eigenvalue weighted by molar-refractivity contribution is -0.126. The third kappa shape index (κ3) is 10.4. The highest BCUT2D eigenvalue weighted by atomic mass is 35.5. The van der Waals surface area contributed by atoms with Gasteiger partial charge in [-0.05, 0) is 104 Å². The van der Waals surface area contributed by atoms with Gasteiger partial charge in [-0.15, -0.1) is 0 Å². The molecule has 262 valence electrons. The van der Waals surface area contributed by atoms with Crippen LogP contribution >= 0.6 is 11.6 Å². The average Bonchev–Trinajstić information content (AvgIpc) is 3.14. The van der Waals surface area contributed by atoms with Crippen LogP contribution in [0.5, 0.6) is 23.1 Å². The molecule has 6 rings (SSSR count). The number of nitrogens with one attached hydrogen (secondary N) is 1. The van der Waals surface area contributed by atoms with Crippen molar-refractivity contribution in [1.82, 2.24) is 9.88 Å². The van der Waals surface area contributed by atoms with E-state index in [0.717, 1.165) is 47.4 Å². The number of amides is 1. The normalized spacial score (nSPS) is 13.3. The van der Waals surface area contributed by atoms with Crippen LogP contribution in [0, 0.1) is 20.8 Å². The van der Waals surface area contributed by atoms with Crippen molar-refractivity contribution in [3.63, 3.8) is 0 Å². The van der Waals surface area contributed by atoms with Crippen LogP contribution in [0.1, 0.15) is 46.2 Å². The Morgan fingerprint density at radius 3 is 2.18 bits per heavy atom. The van der Waals surface area contributed by atoms with Crippen molar-refractivity contribution in [3.05, 3.63) is 148 Å². The SMILES string of the molecule is Cc1ccc(COc2ccc(Oc3c(C)cc(C=CC(=O)N4CCC(Nc5ccc(CCOc6ccc(C)cc6)cc5)CC4)cc3Cl)nc2)cc1. The first kappa shape index (κ1) is 35.6. The highest BCUT2D eigenvalue weighted by Crippen LogP contribution is 2.34. The molecule has 1 amide bonds. The van der Waals surface area contributed by atoms with Crippen molar-refractivity contribution >= 4 is 29.3 Å². The molecule has 1 N–H and O–H groups in total. The Morgan fingerprint density at radius 1 is 0.843 bits per heavy atom. The fraction of sp³-hybridized carbons (Fsp3) is 0.256. The maximum atomic E-state index is 13.0. The number of hydrogen-bond acceptors (Lipinski definition) is 6. The number of likely N-dealkylation sites (tertiary alicyclic amines) is 1. The number of aryl methyl sites for hydroxylation is 3. The number of piperidine rings is 1. The second-order valence-corrected chi connectivity index (χ2v) is 13.5. The Hall–Kier alpha value is -5.27. The predicted octanol–water partition coefficient (Wildman–Crippen LogP) is 9.77. The largest absolute Gasteiger partial charge is 0.493 e. The summed E-state index contributed by atoms with van der Waals surface area (Å²) in [4.78, 5) is 19.3. The number of carbonyl (C=O) groups is 1. The van der Waals surface area contributed by atoms with E-state index in [0.29, 0.717) is 54.7 Å². The van der Waals surface area contributed by atoms with Gasteiger partial charge in [0.15, 0.2) is 5.75 Å². The lowest BCUT2D eigenvalue weighted by Gasteiger charge is -2.32. The van der Waals surface area contributed by atoms with E-state index in [9.17, 15) is 4.79 Å². The van der Waals surface area contributed by atoms with E-state index < -0.39 is 0 Å². The number of ether oxygens (including phenoxy) is 3. The number of anilines is 1. The van der Waals surface area contributed by atoms with Crippen molar-refractivity contribution in [1.29, 1.82) is 0 Å².